The number of methoxy groups -OCH3 is 3. The largest absolute Gasteiger partial charge is 0.493 e. The molecule has 0 saturated carbocycles. The number of nitrogens with one attached hydrogen (secondary N) is 1. The molecule has 6 nitrogen and oxygen atoms in total. The Labute approximate surface area is 180 Å². The molecule has 0 amide bonds. The number of aryl methyl sites for hydroxylation is 2. The molecule has 0 aliphatic carbocycles. The van der Waals surface area contributed by atoms with Crippen molar-refractivity contribution in [3.8, 4) is 17.2 Å². The molecule has 0 atom stereocenters. The monoisotopic (exact) mass is 424 g/mol. The minimum absolute atomic E-state index is 0.115. The van der Waals surface area contributed by atoms with Crippen molar-refractivity contribution in [2.75, 3.05) is 26.6 Å². The summed E-state index contributed by atoms with van der Waals surface area (Å²) in [4.78, 5) is 17.8. The SMILES string of the molecule is COc1cc(/C=C/C(=O)c2sc(Nc3ccc(C)cc3)nc2C)cc(OC)c1OC. The van der Waals surface area contributed by atoms with Gasteiger partial charge in [0.05, 0.1) is 31.9 Å². The van der Waals surface area contributed by atoms with Gasteiger partial charge in [-0.05, 0) is 49.8 Å². The van der Waals surface area contributed by atoms with Crippen molar-refractivity contribution in [2.24, 2.45) is 0 Å². The summed E-state index contributed by atoms with van der Waals surface area (Å²) in [6, 6.07) is 11.6. The van der Waals surface area contributed by atoms with Crippen LogP contribution >= 0.6 is 11.3 Å². The van der Waals surface area contributed by atoms with E-state index in [4.69, 9.17) is 14.2 Å². The van der Waals surface area contributed by atoms with Crippen LogP contribution in [0, 0.1) is 13.8 Å². The fraction of sp³-hybridized carbons (Fsp3) is 0.217. The zero-order chi connectivity index (χ0) is 21.7. The van der Waals surface area contributed by atoms with Crippen molar-refractivity contribution in [1.29, 1.82) is 0 Å². The quantitative estimate of drug-likeness (QED) is 0.384. The number of thiazole rings is 1. The van der Waals surface area contributed by atoms with E-state index in [1.807, 2.05) is 38.1 Å². The van der Waals surface area contributed by atoms with Crippen molar-refractivity contribution >= 4 is 34.0 Å². The number of hydrogen-bond donors (Lipinski definition) is 1. The first kappa shape index (κ1) is 21.4. The van der Waals surface area contributed by atoms with Crippen molar-refractivity contribution in [3.63, 3.8) is 0 Å². The van der Waals surface area contributed by atoms with E-state index in [9.17, 15) is 4.79 Å². The molecule has 1 aromatic heterocycles. The molecule has 0 spiro atoms. The molecule has 3 aromatic rings. The van der Waals surface area contributed by atoms with Crippen LogP contribution in [0.4, 0.5) is 10.8 Å². The van der Waals surface area contributed by atoms with E-state index in [1.165, 1.54) is 23.0 Å². The van der Waals surface area contributed by atoms with Gasteiger partial charge in [0.1, 0.15) is 0 Å². The molecule has 0 saturated heterocycles. The second-order valence-electron chi connectivity index (χ2n) is 6.58. The summed E-state index contributed by atoms with van der Waals surface area (Å²) in [6.07, 6.45) is 3.25. The lowest BCUT2D eigenvalue weighted by Crippen LogP contribution is -1.96. The summed E-state index contributed by atoms with van der Waals surface area (Å²) in [5.41, 5.74) is 3.57. The first-order valence-electron chi connectivity index (χ1n) is 9.28. The molecule has 0 unspecified atom stereocenters. The Morgan fingerprint density at radius 2 is 1.63 bits per heavy atom. The lowest BCUT2D eigenvalue weighted by atomic mass is 10.1. The maximum Gasteiger partial charge on any atom is 0.203 e. The number of nitrogens with zero attached hydrogens (tertiary/aromatic N) is 1. The molecule has 3 rings (SSSR count). The van der Waals surface area contributed by atoms with Crippen LogP contribution in [0.25, 0.3) is 6.08 Å². The number of carbonyl (C=O) groups is 1. The number of hydrogen-bond acceptors (Lipinski definition) is 7. The highest BCUT2D eigenvalue weighted by molar-refractivity contribution is 7.17. The topological polar surface area (TPSA) is 69.7 Å². The molecule has 2 aromatic carbocycles. The van der Waals surface area contributed by atoms with E-state index in [0.717, 1.165) is 11.3 Å². The maximum absolute atomic E-state index is 12.7. The van der Waals surface area contributed by atoms with E-state index < -0.39 is 0 Å². The third-order valence-electron chi connectivity index (χ3n) is 4.44. The first-order valence-corrected chi connectivity index (χ1v) is 10.1. The molecule has 1 N–H and O–H groups in total. The van der Waals surface area contributed by atoms with Crippen LogP contribution in [0.5, 0.6) is 17.2 Å². The average Bonchev–Trinajstić information content (AvgIpc) is 3.12. The van der Waals surface area contributed by atoms with Crippen LogP contribution in [0.1, 0.15) is 26.5 Å². The van der Waals surface area contributed by atoms with Gasteiger partial charge in [0.15, 0.2) is 22.4 Å². The molecule has 156 valence electrons. The Morgan fingerprint density at radius 3 is 2.20 bits per heavy atom. The Balaban J connectivity index is 1.80. The van der Waals surface area contributed by atoms with Crippen molar-refractivity contribution < 1.29 is 19.0 Å². The lowest BCUT2D eigenvalue weighted by molar-refractivity contribution is 0.105. The summed E-state index contributed by atoms with van der Waals surface area (Å²) in [5, 5.41) is 3.93. The number of carbonyl (C=O) groups excluding carboxylic acids is 1. The van der Waals surface area contributed by atoms with Gasteiger partial charge in [-0.15, -0.1) is 0 Å². The van der Waals surface area contributed by atoms with E-state index in [1.54, 1.807) is 39.5 Å². The van der Waals surface area contributed by atoms with E-state index >= 15 is 0 Å². The van der Waals surface area contributed by atoms with E-state index in [2.05, 4.69) is 10.3 Å². The highest BCUT2D eigenvalue weighted by atomic mass is 32.1. The number of anilines is 2. The molecule has 0 bridgehead atoms. The van der Waals surface area contributed by atoms with Crippen LogP contribution in [-0.2, 0) is 0 Å². The van der Waals surface area contributed by atoms with Gasteiger partial charge in [0.2, 0.25) is 5.75 Å². The van der Waals surface area contributed by atoms with Gasteiger partial charge in [-0.3, -0.25) is 4.79 Å². The second kappa shape index (κ2) is 9.45. The van der Waals surface area contributed by atoms with Crippen LogP contribution in [-0.4, -0.2) is 32.1 Å². The zero-order valence-corrected chi connectivity index (χ0v) is 18.4. The lowest BCUT2D eigenvalue weighted by Gasteiger charge is -2.12. The minimum atomic E-state index is -0.115. The predicted octanol–water partition coefficient (Wildman–Crippen LogP) is 5.43. The Kier molecular flexibility index (Phi) is 6.74. The predicted molar refractivity (Wildman–Crippen MR) is 121 cm³/mol. The Morgan fingerprint density at radius 1 is 1.00 bits per heavy atom. The molecule has 7 heteroatoms. The number of aromatic nitrogens is 1. The highest BCUT2D eigenvalue weighted by Gasteiger charge is 2.15. The molecule has 0 aliphatic rings. The van der Waals surface area contributed by atoms with Crippen molar-refractivity contribution in [2.45, 2.75) is 13.8 Å². The maximum atomic E-state index is 12.7. The van der Waals surface area contributed by atoms with Crippen LogP contribution < -0.4 is 19.5 Å². The normalized spacial score (nSPS) is 10.8. The average molecular weight is 425 g/mol. The molecule has 1 heterocycles. The van der Waals surface area contributed by atoms with Gasteiger partial charge < -0.3 is 19.5 Å². The van der Waals surface area contributed by atoms with Crippen LogP contribution in [0.2, 0.25) is 0 Å². The molecular formula is C23H24N2O4S. The van der Waals surface area contributed by atoms with Crippen LogP contribution in [0.3, 0.4) is 0 Å². The Hall–Kier alpha value is -3.32. The van der Waals surface area contributed by atoms with Gasteiger partial charge in [-0.2, -0.15) is 0 Å². The number of ether oxygens (including phenoxy) is 3. The van der Waals surface area contributed by atoms with Gasteiger partial charge in [0, 0.05) is 5.69 Å². The summed E-state index contributed by atoms with van der Waals surface area (Å²) in [7, 11) is 4.66. The molecule has 0 fully saturated rings. The fourth-order valence-electron chi connectivity index (χ4n) is 2.88. The molecule has 0 aliphatic heterocycles. The Bertz CT molecular complexity index is 1050. The van der Waals surface area contributed by atoms with E-state index in [-0.39, 0.29) is 5.78 Å². The van der Waals surface area contributed by atoms with Gasteiger partial charge >= 0.3 is 0 Å². The van der Waals surface area contributed by atoms with Gasteiger partial charge in [-0.1, -0.05) is 35.1 Å². The smallest absolute Gasteiger partial charge is 0.203 e. The molecular weight excluding hydrogens is 400 g/mol. The van der Waals surface area contributed by atoms with Gasteiger partial charge in [0.25, 0.3) is 0 Å². The number of rotatable bonds is 8. The summed E-state index contributed by atoms with van der Waals surface area (Å²) >= 11 is 1.33. The third-order valence-corrected chi connectivity index (χ3v) is 5.52. The minimum Gasteiger partial charge on any atom is -0.493 e. The summed E-state index contributed by atoms with van der Waals surface area (Å²) in [5.74, 6) is 1.45. The second-order valence-corrected chi connectivity index (χ2v) is 7.58. The van der Waals surface area contributed by atoms with Crippen molar-refractivity contribution in [3.05, 3.63) is 64.2 Å². The standard InChI is InChI=1S/C23H24N2O4S/c1-14-6-9-17(10-7-14)25-23-24-15(2)22(30-23)18(26)11-8-16-12-19(27-3)21(29-5)20(13-16)28-4/h6-13H,1-5H3,(H,24,25)/b11-8+. The highest BCUT2D eigenvalue weighted by Crippen LogP contribution is 2.38. The molecule has 30 heavy (non-hydrogen) atoms. The number of allylic oxidation sites excluding steroid dienone is 1. The van der Waals surface area contributed by atoms with Crippen LogP contribution in [0.15, 0.2) is 42.5 Å². The summed E-state index contributed by atoms with van der Waals surface area (Å²) < 4.78 is 16.0. The van der Waals surface area contributed by atoms with E-state index in [0.29, 0.717) is 33.0 Å². The number of benzene rings is 2. The zero-order valence-electron chi connectivity index (χ0n) is 17.6. The molecule has 0 radical (unpaired) electrons. The number of ketones is 1. The first-order chi connectivity index (χ1) is 14.4. The fourth-order valence-corrected chi connectivity index (χ4v) is 3.79. The summed E-state index contributed by atoms with van der Waals surface area (Å²) in [6.45, 7) is 3.87. The van der Waals surface area contributed by atoms with Gasteiger partial charge in [-0.25, -0.2) is 4.98 Å². The third kappa shape index (κ3) is 4.80. The van der Waals surface area contributed by atoms with Crippen molar-refractivity contribution in [1.82, 2.24) is 4.98 Å².